The highest BCUT2D eigenvalue weighted by atomic mass is 32.1. The lowest BCUT2D eigenvalue weighted by Gasteiger charge is -2.35. The number of likely N-dealkylation sites (tertiary alicyclic amines) is 2. The second-order valence-electron chi connectivity index (χ2n) is 17.7. The summed E-state index contributed by atoms with van der Waals surface area (Å²) in [6, 6.07) is 26.7. The summed E-state index contributed by atoms with van der Waals surface area (Å²) < 4.78 is 32.5. The number of amides is 3. The molecule has 7 rings (SSSR count). The fraction of sp³-hybridized carbons (Fsp3) is 0.400. The van der Waals surface area contributed by atoms with Gasteiger partial charge in [0.25, 0.3) is 0 Å². The Morgan fingerprint density at radius 2 is 1.65 bits per heavy atom. The Morgan fingerprint density at radius 3 is 2.34 bits per heavy atom. The van der Waals surface area contributed by atoms with Gasteiger partial charge in [-0.1, -0.05) is 57.2 Å². The summed E-state index contributed by atoms with van der Waals surface area (Å²) in [5, 5.41) is 36.1. The molecule has 2 aliphatic rings. The number of nitriles is 1. The molecule has 4 N–H and O–H groups in total. The molecule has 0 unspecified atom stereocenters. The van der Waals surface area contributed by atoms with E-state index in [1.165, 1.54) is 33.9 Å². The zero-order valence-electron chi connectivity index (χ0n) is 36.9. The van der Waals surface area contributed by atoms with Crippen LogP contribution in [0.5, 0.6) is 17.2 Å². The number of rotatable bonds is 17. The van der Waals surface area contributed by atoms with Crippen LogP contribution in [-0.2, 0) is 30.4 Å². The van der Waals surface area contributed by atoms with E-state index in [2.05, 4.69) is 33.7 Å². The van der Waals surface area contributed by atoms with Crippen molar-refractivity contribution in [3.05, 3.63) is 114 Å². The van der Waals surface area contributed by atoms with Crippen molar-refractivity contribution in [2.24, 2.45) is 5.41 Å². The van der Waals surface area contributed by atoms with Gasteiger partial charge >= 0.3 is 0 Å². The molecule has 65 heavy (non-hydrogen) atoms. The third kappa shape index (κ3) is 12.3. The Bertz CT molecular complexity index is 2460. The Morgan fingerprint density at radius 1 is 0.938 bits per heavy atom. The first kappa shape index (κ1) is 47.1. The van der Waals surface area contributed by atoms with Gasteiger partial charge in [0.15, 0.2) is 5.75 Å². The van der Waals surface area contributed by atoms with Crippen LogP contribution >= 0.6 is 11.3 Å². The number of aliphatic hydroxyl groups excluding tert-OH is 1. The molecule has 3 atom stereocenters. The molecular weight excluding hydrogens is 850 g/mol. The van der Waals surface area contributed by atoms with Gasteiger partial charge in [-0.05, 0) is 109 Å². The summed E-state index contributed by atoms with van der Waals surface area (Å²) in [6.45, 7) is 9.04. The Kier molecular flexibility index (Phi) is 15.5. The topological polar surface area (TPSA) is 174 Å². The number of phenols is 1. The Hall–Kier alpha value is -5.89. The van der Waals surface area contributed by atoms with Crippen molar-refractivity contribution in [3.63, 3.8) is 0 Å². The lowest BCUT2D eigenvalue weighted by Crippen LogP contribution is -2.58. The smallest absolute Gasteiger partial charge is 0.246 e. The number of carbonyl (C=O) groups is 3. The molecule has 4 aromatic carbocycles. The first-order chi connectivity index (χ1) is 31.2. The van der Waals surface area contributed by atoms with Crippen LogP contribution in [-0.4, -0.2) is 109 Å². The fourth-order valence-corrected chi connectivity index (χ4v) is 9.44. The minimum atomic E-state index is -0.967. The number of β-amino-alcohol motifs (C(OH)–C–C–N with tert-alkyl or cyclic N) is 1. The number of halogens is 1. The quantitative estimate of drug-likeness (QED) is 0.0706. The average Bonchev–Trinajstić information content (AvgIpc) is 3.87. The van der Waals surface area contributed by atoms with Crippen molar-refractivity contribution < 1.29 is 43.2 Å². The molecule has 5 aromatic rings. The molecule has 0 spiro atoms. The van der Waals surface area contributed by atoms with E-state index in [9.17, 15) is 29.0 Å². The number of hydrogen-bond donors (Lipinski definition) is 4. The Labute approximate surface area is 382 Å². The number of aliphatic hydroxyl groups is 1. The number of thiophene rings is 1. The molecule has 2 saturated heterocycles. The van der Waals surface area contributed by atoms with E-state index in [4.69, 9.17) is 19.5 Å². The molecule has 0 bridgehead atoms. The van der Waals surface area contributed by atoms with Gasteiger partial charge in [-0.15, -0.1) is 11.3 Å². The number of nitrogens with one attached hydrogen (secondary N) is 2. The highest BCUT2D eigenvalue weighted by molar-refractivity contribution is 7.22. The molecule has 2 aliphatic heterocycles. The lowest BCUT2D eigenvalue weighted by molar-refractivity contribution is -0.144. The number of phenolic OH excluding ortho intramolecular Hbond substituents is 1. The molecule has 13 nitrogen and oxygen atoms in total. The number of fused-ring (bicyclic) bond motifs is 1. The molecule has 3 amide bonds. The largest absolute Gasteiger partial charge is 0.508 e. The van der Waals surface area contributed by atoms with E-state index in [1.807, 2.05) is 39.0 Å². The number of benzene rings is 4. The van der Waals surface area contributed by atoms with E-state index in [0.29, 0.717) is 36.2 Å². The highest BCUT2D eigenvalue weighted by Gasteiger charge is 2.44. The van der Waals surface area contributed by atoms with Crippen LogP contribution in [0.25, 0.3) is 20.5 Å². The van der Waals surface area contributed by atoms with Crippen molar-refractivity contribution >= 4 is 39.1 Å². The van der Waals surface area contributed by atoms with E-state index in [-0.39, 0.29) is 44.3 Å². The number of nitrogens with zero attached hydrogens (tertiary/aromatic N) is 3. The van der Waals surface area contributed by atoms with Crippen molar-refractivity contribution in [2.75, 3.05) is 52.6 Å². The van der Waals surface area contributed by atoms with Crippen molar-refractivity contribution in [1.82, 2.24) is 20.4 Å². The summed E-state index contributed by atoms with van der Waals surface area (Å²) in [4.78, 5) is 44.7. The first-order valence-corrected chi connectivity index (χ1v) is 22.8. The molecular formula is C50H56FN5O8S. The van der Waals surface area contributed by atoms with E-state index in [1.54, 1.807) is 48.5 Å². The van der Waals surface area contributed by atoms with E-state index >= 15 is 0 Å². The molecule has 0 aliphatic carbocycles. The van der Waals surface area contributed by atoms with Crippen molar-refractivity contribution in [1.29, 1.82) is 5.26 Å². The molecule has 1 aromatic heterocycles. The maximum absolute atomic E-state index is 13.9. The molecule has 2 fully saturated rings. The molecule has 3 heterocycles. The second kappa shape index (κ2) is 21.4. The monoisotopic (exact) mass is 905 g/mol. The number of carbonyl (C=O) groups excluding carboxylic acids is 3. The predicted octanol–water partition coefficient (Wildman–Crippen LogP) is 7.10. The third-order valence-electron chi connectivity index (χ3n) is 11.9. The van der Waals surface area contributed by atoms with E-state index < -0.39 is 41.3 Å². The van der Waals surface area contributed by atoms with Crippen LogP contribution in [0.4, 0.5) is 4.39 Å². The minimum absolute atomic E-state index is 0.0292. The first-order valence-electron chi connectivity index (χ1n) is 22.0. The summed E-state index contributed by atoms with van der Waals surface area (Å²) in [5.74, 6) is 0.315. The summed E-state index contributed by atoms with van der Waals surface area (Å²) in [5.41, 5.74) is 2.69. The molecule has 15 heteroatoms. The van der Waals surface area contributed by atoms with Gasteiger partial charge in [-0.25, -0.2) is 4.39 Å². The highest BCUT2D eigenvalue weighted by Crippen LogP contribution is 2.47. The summed E-state index contributed by atoms with van der Waals surface area (Å²) >= 11 is 1.49. The van der Waals surface area contributed by atoms with Gasteiger partial charge in [0.1, 0.15) is 36.0 Å². The van der Waals surface area contributed by atoms with Crippen LogP contribution in [0.1, 0.15) is 62.6 Å². The average molecular weight is 906 g/mol. The summed E-state index contributed by atoms with van der Waals surface area (Å²) in [7, 11) is 0. The van der Waals surface area contributed by atoms with Crippen LogP contribution in [0.15, 0.2) is 91.0 Å². The van der Waals surface area contributed by atoms with Crippen LogP contribution in [0, 0.1) is 22.6 Å². The number of ether oxygens (including phenoxy) is 3. The normalized spacial score (nSPS) is 17.4. The zero-order valence-corrected chi connectivity index (χ0v) is 37.7. The van der Waals surface area contributed by atoms with Gasteiger partial charge in [-0.2, -0.15) is 5.26 Å². The SMILES string of the molecule is CC(C)(C)[C@H](NC(=O)COCCOCCN1CCC(c2ccc(Oc3c(-c4ccc(F)cc4)sc4cc(O)ccc34)cc2)CC1)C(=O)N1C[C@H](O)C[C@H]1C(=O)NCc1ccc(C#N)cc1. The van der Waals surface area contributed by atoms with Crippen LogP contribution in [0.3, 0.4) is 0 Å². The molecule has 0 saturated carbocycles. The number of piperidine rings is 1. The second-order valence-corrected chi connectivity index (χ2v) is 18.7. The van der Waals surface area contributed by atoms with Crippen LogP contribution in [0.2, 0.25) is 0 Å². The molecule has 0 radical (unpaired) electrons. The lowest BCUT2D eigenvalue weighted by atomic mass is 9.85. The maximum Gasteiger partial charge on any atom is 0.246 e. The third-order valence-corrected chi connectivity index (χ3v) is 13.1. The van der Waals surface area contributed by atoms with Gasteiger partial charge in [0.05, 0.1) is 42.4 Å². The standard InChI is InChI=1S/C50H56FN5O8S/c1-50(2,3)47(49(61)56-30-39(58)26-42(56)48(60)53-29-33-6-4-32(28-52)5-7-33)54-44(59)31-63-25-24-62-23-22-55-20-18-35(19-21-55)34-10-15-40(16-11-34)64-45-41-17-14-38(57)27-43(41)65-46(45)36-8-12-37(51)13-9-36/h4-17,27,35,39,42,47,57-58H,18-26,29-31H2,1-3H3,(H,53,60)(H,54,59)/t39-,42+,47-/m1/s1. The minimum Gasteiger partial charge on any atom is -0.508 e. The van der Waals surface area contributed by atoms with Crippen molar-refractivity contribution in [3.8, 4) is 33.8 Å². The van der Waals surface area contributed by atoms with Gasteiger partial charge < -0.3 is 44.9 Å². The van der Waals surface area contributed by atoms with Gasteiger partial charge in [-0.3, -0.25) is 14.4 Å². The van der Waals surface area contributed by atoms with Gasteiger partial charge in [0, 0.05) is 36.1 Å². The predicted molar refractivity (Wildman–Crippen MR) is 246 cm³/mol. The number of aromatic hydroxyl groups is 1. The Balaban J connectivity index is 0.803. The van der Waals surface area contributed by atoms with Gasteiger partial charge in [0.2, 0.25) is 17.7 Å². The zero-order chi connectivity index (χ0) is 46.1. The van der Waals surface area contributed by atoms with Crippen LogP contribution < -0.4 is 15.4 Å². The van der Waals surface area contributed by atoms with Crippen molar-refractivity contribution in [2.45, 2.75) is 70.7 Å². The number of hydrogen-bond acceptors (Lipinski definition) is 11. The molecule has 342 valence electrons. The van der Waals surface area contributed by atoms with E-state index in [0.717, 1.165) is 58.6 Å². The maximum atomic E-state index is 13.9. The summed E-state index contributed by atoms with van der Waals surface area (Å²) in [6.07, 6.45) is 1.22. The fourth-order valence-electron chi connectivity index (χ4n) is 8.28.